The highest BCUT2D eigenvalue weighted by Gasteiger charge is 2.14. The van der Waals surface area contributed by atoms with Gasteiger partial charge in [0.2, 0.25) is 0 Å². The van der Waals surface area contributed by atoms with E-state index in [-0.39, 0.29) is 26.3 Å². The lowest BCUT2D eigenvalue weighted by Crippen LogP contribution is -2.34. The first kappa shape index (κ1) is 16.5. The summed E-state index contributed by atoms with van der Waals surface area (Å²) in [7, 11) is 0. The highest BCUT2D eigenvalue weighted by Crippen LogP contribution is 2.27. The van der Waals surface area contributed by atoms with Gasteiger partial charge < -0.3 is 5.32 Å². The number of hydrogen-bond donors (Lipinski definition) is 2. The molecule has 0 unspecified atom stereocenters. The fourth-order valence-corrected chi connectivity index (χ4v) is 2.31. The average molecular weight is 362 g/mol. The highest BCUT2D eigenvalue weighted by atomic mass is 35.5. The second-order valence-electron chi connectivity index (χ2n) is 4.14. The van der Waals surface area contributed by atoms with Crippen LogP contribution in [0.2, 0.25) is 15.1 Å². The number of nitrogens with one attached hydrogen (secondary N) is 2. The number of rotatable bonds is 2. The molecule has 8 heteroatoms. The maximum atomic E-state index is 13.3. The smallest absolute Gasteiger partial charge is 0.308 e. The number of carbonyl (C=O) groups excluding carboxylic acids is 2. The van der Waals surface area contributed by atoms with E-state index in [2.05, 4.69) is 10.6 Å². The zero-order chi connectivity index (χ0) is 16.3. The number of hydrogen-bond acceptors (Lipinski definition) is 2. The molecule has 2 rings (SSSR count). The van der Waals surface area contributed by atoms with Gasteiger partial charge in [0.25, 0.3) is 5.91 Å². The normalized spacial score (nSPS) is 10.2. The van der Waals surface area contributed by atoms with Gasteiger partial charge in [0.15, 0.2) is 5.82 Å². The maximum Gasteiger partial charge on any atom is 0.326 e. The van der Waals surface area contributed by atoms with Crippen LogP contribution in [0.4, 0.5) is 14.9 Å². The van der Waals surface area contributed by atoms with Crippen LogP contribution in [0.5, 0.6) is 0 Å². The molecule has 0 bridgehead atoms. The molecular weight excluding hydrogens is 354 g/mol. The van der Waals surface area contributed by atoms with Gasteiger partial charge in [-0.05, 0) is 24.3 Å². The molecule has 2 aromatic carbocycles. The molecule has 4 nitrogen and oxygen atoms in total. The van der Waals surface area contributed by atoms with Crippen molar-refractivity contribution in [1.29, 1.82) is 0 Å². The first-order chi connectivity index (χ1) is 10.4. The quantitative estimate of drug-likeness (QED) is 0.759. The van der Waals surface area contributed by atoms with Crippen molar-refractivity contribution in [2.24, 2.45) is 0 Å². The topological polar surface area (TPSA) is 58.2 Å². The molecule has 2 N–H and O–H groups in total. The fourth-order valence-electron chi connectivity index (χ4n) is 1.61. The second-order valence-corrected chi connectivity index (χ2v) is 5.36. The molecule has 2 aromatic rings. The Balaban J connectivity index is 2.08. The minimum Gasteiger partial charge on any atom is -0.308 e. The Morgan fingerprint density at radius 1 is 0.955 bits per heavy atom. The molecule has 0 spiro atoms. The SMILES string of the molecule is O=C(NC(=O)c1ccccc1Cl)Nc1cc(Cl)c(F)c(Cl)c1. The van der Waals surface area contributed by atoms with Crippen molar-refractivity contribution in [2.75, 3.05) is 5.32 Å². The number of urea groups is 1. The van der Waals surface area contributed by atoms with Crippen LogP contribution in [0.1, 0.15) is 10.4 Å². The van der Waals surface area contributed by atoms with Gasteiger partial charge in [-0.3, -0.25) is 10.1 Å². The Morgan fingerprint density at radius 2 is 1.55 bits per heavy atom. The van der Waals surface area contributed by atoms with Crippen molar-refractivity contribution in [1.82, 2.24) is 5.32 Å². The van der Waals surface area contributed by atoms with Crippen LogP contribution in [0, 0.1) is 5.82 Å². The molecular formula is C14H8Cl3FN2O2. The number of amides is 3. The van der Waals surface area contributed by atoms with E-state index in [1.165, 1.54) is 24.3 Å². The molecule has 0 aliphatic rings. The van der Waals surface area contributed by atoms with Crippen molar-refractivity contribution in [2.45, 2.75) is 0 Å². The third-order valence-corrected chi connectivity index (χ3v) is 3.47. The first-order valence-electron chi connectivity index (χ1n) is 5.90. The molecule has 0 fully saturated rings. The van der Waals surface area contributed by atoms with Crippen molar-refractivity contribution >= 4 is 52.4 Å². The summed E-state index contributed by atoms with van der Waals surface area (Å²) < 4.78 is 13.3. The molecule has 0 heterocycles. The van der Waals surface area contributed by atoms with Crippen LogP contribution in [0.25, 0.3) is 0 Å². The Kier molecular flexibility index (Phi) is 5.24. The molecule has 0 atom stereocenters. The predicted molar refractivity (Wildman–Crippen MR) is 84.4 cm³/mol. The highest BCUT2D eigenvalue weighted by molar-refractivity contribution is 6.35. The second kappa shape index (κ2) is 6.96. The fraction of sp³-hybridized carbons (Fsp3) is 0. The monoisotopic (exact) mass is 360 g/mol. The Morgan fingerprint density at radius 3 is 2.14 bits per heavy atom. The summed E-state index contributed by atoms with van der Waals surface area (Å²) in [4.78, 5) is 23.6. The maximum absolute atomic E-state index is 13.3. The minimum atomic E-state index is -0.830. The third-order valence-electron chi connectivity index (χ3n) is 2.59. The predicted octanol–water partition coefficient (Wildman–Crippen LogP) is 4.75. The molecule has 0 saturated heterocycles. The van der Waals surface area contributed by atoms with Crippen LogP contribution >= 0.6 is 34.8 Å². The van der Waals surface area contributed by atoms with Crippen molar-refractivity contribution in [3.63, 3.8) is 0 Å². The van der Waals surface area contributed by atoms with Crippen molar-refractivity contribution in [3.8, 4) is 0 Å². The van der Waals surface area contributed by atoms with Gasteiger partial charge >= 0.3 is 6.03 Å². The van der Waals surface area contributed by atoms with E-state index in [1.807, 2.05) is 0 Å². The molecule has 0 aliphatic carbocycles. The minimum absolute atomic E-state index is 0.140. The largest absolute Gasteiger partial charge is 0.326 e. The van der Waals surface area contributed by atoms with Gasteiger partial charge in [0.05, 0.1) is 20.6 Å². The van der Waals surface area contributed by atoms with E-state index in [0.717, 1.165) is 0 Å². The average Bonchev–Trinajstić information content (AvgIpc) is 2.44. The van der Waals surface area contributed by atoms with Crippen LogP contribution in [-0.4, -0.2) is 11.9 Å². The molecule has 0 aromatic heterocycles. The lowest BCUT2D eigenvalue weighted by atomic mass is 10.2. The van der Waals surface area contributed by atoms with E-state index >= 15 is 0 Å². The number of halogens is 4. The molecule has 3 amide bonds. The van der Waals surface area contributed by atoms with E-state index in [0.29, 0.717) is 0 Å². The molecule has 0 aliphatic heterocycles. The van der Waals surface area contributed by atoms with Gasteiger partial charge in [-0.15, -0.1) is 0 Å². The number of benzene rings is 2. The van der Waals surface area contributed by atoms with Gasteiger partial charge in [-0.1, -0.05) is 46.9 Å². The van der Waals surface area contributed by atoms with Crippen LogP contribution in [0.15, 0.2) is 36.4 Å². The van der Waals surface area contributed by atoms with Crippen LogP contribution < -0.4 is 10.6 Å². The summed E-state index contributed by atoms with van der Waals surface area (Å²) in [5, 5.41) is 4.12. The summed E-state index contributed by atoms with van der Waals surface area (Å²) in [6.45, 7) is 0. The molecule has 114 valence electrons. The molecule has 0 radical (unpaired) electrons. The van der Waals surface area contributed by atoms with Gasteiger partial charge in [0, 0.05) is 5.69 Å². The first-order valence-corrected chi connectivity index (χ1v) is 7.03. The summed E-state index contributed by atoms with van der Waals surface area (Å²) in [6, 6.07) is 7.76. The van der Waals surface area contributed by atoms with Gasteiger partial charge in [0.1, 0.15) is 0 Å². The molecule has 22 heavy (non-hydrogen) atoms. The Bertz CT molecular complexity index is 730. The zero-order valence-electron chi connectivity index (χ0n) is 10.8. The van der Waals surface area contributed by atoms with Gasteiger partial charge in [-0.25, -0.2) is 9.18 Å². The van der Waals surface area contributed by atoms with Gasteiger partial charge in [-0.2, -0.15) is 0 Å². The number of carbonyl (C=O) groups is 2. The lowest BCUT2D eigenvalue weighted by molar-refractivity contribution is 0.0967. The Hall–Kier alpha value is -1.82. The van der Waals surface area contributed by atoms with E-state index in [1.54, 1.807) is 12.1 Å². The zero-order valence-corrected chi connectivity index (χ0v) is 13.1. The lowest BCUT2D eigenvalue weighted by Gasteiger charge is -2.09. The van der Waals surface area contributed by atoms with E-state index in [9.17, 15) is 14.0 Å². The summed E-state index contributed by atoms with van der Waals surface area (Å²) in [5.41, 5.74) is 0.287. The number of anilines is 1. The number of imide groups is 1. The van der Waals surface area contributed by atoms with Crippen molar-refractivity contribution in [3.05, 3.63) is 62.8 Å². The summed E-state index contributed by atoms with van der Waals surface area (Å²) in [6.07, 6.45) is 0. The summed E-state index contributed by atoms with van der Waals surface area (Å²) >= 11 is 17.1. The summed E-state index contributed by atoms with van der Waals surface area (Å²) in [5.74, 6) is -1.47. The third kappa shape index (κ3) is 3.88. The van der Waals surface area contributed by atoms with Crippen LogP contribution in [-0.2, 0) is 0 Å². The van der Waals surface area contributed by atoms with E-state index in [4.69, 9.17) is 34.8 Å². The molecule has 0 saturated carbocycles. The van der Waals surface area contributed by atoms with Crippen LogP contribution in [0.3, 0.4) is 0 Å². The standard InChI is InChI=1S/C14H8Cl3FN2O2/c15-9-4-2-1-3-8(9)13(21)20-14(22)19-7-5-10(16)12(18)11(17)6-7/h1-6H,(H2,19,20,21,22). The van der Waals surface area contributed by atoms with Crippen molar-refractivity contribution < 1.29 is 14.0 Å². The van der Waals surface area contributed by atoms with E-state index < -0.39 is 17.8 Å². The Labute approximate surface area is 140 Å².